The molecule has 0 fully saturated rings. The average molecular weight is 1070 g/mol. The highest BCUT2D eigenvalue weighted by molar-refractivity contribution is 6.00. The van der Waals surface area contributed by atoms with Crippen molar-refractivity contribution < 1.29 is 9.47 Å². The van der Waals surface area contributed by atoms with Crippen LogP contribution in [0.1, 0.15) is 66.8 Å². The lowest BCUT2D eigenvalue weighted by Gasteiger charge is -2.39. The van der Waals surface area contributed by atoms with E-state index >= 15 is 0 Å². The molecular weight excluding hydrogens is 1020 g/mol. The Balaban J connectivity index is 0.845. The van der Waals surface area contributed by atoms with Crippen LogP contribution in [0, 0.1) is 0 Å². The fraction of sp³-hybridized carbons (Fsp3) is 0.0370. The molecule has 0 N–H and O–H groups in total. The lowest BCUT2D eigenvalue weighted by atomic mass is 9.66. The molecule has 0 saturated heterocycles. The molecule has 3 nitrogen and oxygen atoms in total. The van der Waals surface area contributed by atoms with Crippen LogP contribution >= 0.6 is 0 Å². The maximum atomic E-state index is 6.82. The minimum absolute atomic E-state index is 0.517. The van der Waals surface area contributed by atoms with Gasteiger partial charge in [0.25, 0.3) is 0 Å². The van der Waals surface area contributed by atoms with Crippen LogP contribution in [0.25, 0.3) is 55.6 Å². The molecule has 0 amide bonds. The van der Waals surface area contributed by atoms with Crippen molar-refractivity contribution in [2.45, 2.75) is 16.2 Å². The molecular formula is C81H49NO2. The molecule has 3 heteroatoms. The zero-order chi connectivity index (χ0) is 54.9. The number of rotatable bonds is 4. The Kier molecular flexibility index (Phi) is 9.13. The third-order valence-corrected chi connectivity index (χ3v) is 19.6. The Bertz CT molecular complexity index is 4850. The highest BCUT2D eigenvalue weighted by Crippen LogP contribution is 2.67. The lowest BCUT2D eigenvalue weighted by Crippen LogP contribution is -2.32. The first-order valence-electron chi connectivity index (χ1n) is 29.2. The summed E-state index contributed by atoms with van der Waals surface area (Å²) in [5.74, 6) is 3.54. The number of hydrogen-bond acceptors (Lipinski definition) is 3. The van der Waals surface area contributed by atoms with E-state index in [-0.39, 0.29) is 0 Å². The smallest absolute Gasteiger partial charge is 0.132 e. The molecule has 84 heavy (non-hydrogen) atoms. The highest BCUT2D eigenvalue weighted by Gasteiger charge is 2.55. The minimum Gasteiger partial charge on any atom is -0.457 e. The van der Waals surface area contributed by atoms with E-state index in [1.54, 1.807) is 0 Å². The topological polar surface area (TPSA) is 21.7 Å². The van der Waals surface area contributed by atoms with Gasteiger partial charge in [-0.25, -0.2) is 0 Å². The van der Waals surface area contributed by atoms with Crippen molar-refractivity contribution in [1.82, 2.24) is 0 Å². The molecule has 19 rings (SSSR count). The predicted molar refractivity (Wildman–Crippen MR) is 338 cm³/mol. The van der Waals surface area contributed by atoms with Crippen molar-refractivity contribution in [1.29, 1.82) is 0 Å². The molecule has 0 atom stereocenters. The summed E-state index contributed by atoms with van der Waals surface area (Å²) in [7, 11) is 0. The van der Waals surface area contributed by atoms with E-state index in [9.17, 15) is 0 Å². The molecule has 0 saturated carbocycles. The first-order chi connectivity index (χ1) is 41.7. The van der Waals surface area contributed by atoms with Crippen molar-refractivity contribution in [3.8, 4) is 78.6 Å². The van der Waals surface area contributed by atoms with E-state index < -0.39 is 16.2 Å². The molecule has 390 valence electrons. The fourth-order valence-corrected chi connectivity index (χ4v) is 16.6. The number of fused-ring (bicyclic) bond motifs is 28. The molecule has 0 bridgehead atoms. The predicted octanol–water partition coefficient (Wildman–Crippen LogP) is 20.1. The third kappa shape index (κ3) is 5.62. The Morgan fingerprint density at radius 2 is 0.488 bits per heavy atom. The van der Waals surface area contributed by atoms with Crippen LogP contribution < -0.4 is 14.4 Å². The van der Waals surface area contributed by atoms with E-state index in [4.69, 9.17) is 9.47 Å². The fourth-order valence-electron chi connectivity index (χ4n) is 16.6. The van der Waals surface area contributed by atoms with E-state index in [0.29, 0.717) is 0 Å². The maximum Gasteiger partial charge on any atom is 0.132 e. The highest BCUT2D eigenvalue weighted by atomic mass is 16.5. The zero-order valence-electron chi connectivity index (χ0n) is 45.6. The summed E-state index contributed by atoms with van der Waals surface area (Å²) < 4.78 is 13.5. The van der Waals surface area contributed by atoms with Crippen molar-refractivity contribution in [2.75, 3.05) is 4.90 Å². The van der Waals surface area contributed by atoms with E-state index in [1.807, 2.05) is 0 Å². The van der Waals surface area contributed by atoms with Gasteiger partial charge in [0.15, 0.2) is 0 Å². The molecule has 2 aliphatic heterocycles. The summed E-state index contributed by atoms with van der Waals surface area (Å²) in [6.07, 6.45) is 0. The molecule has 3 spiro atoms. The van der Waals surface area contributed by atoms with E-state index in [2.05, 4.69) is 302 Å². The van der Waals surface area contributed by atoms with Gasteiger partial charge in [-0.1, -0.05) is 237 Å². The summed E-state index contributed by atoms with van der Waals surface area (Å²) in [5.41, 5.74) is 28.8. The van der Waals surface area contributed by atoms with Crippen molar-refractivity contribution >= 4 is 17.1 Å². The number of para-hydroxylation sites is 4. The van der Waals surface area contributed by atoms with Crippen molar-refractivity contribution in [2.24, 2.45) is 0 Å². The van der Waals surface area contributed by atoms with Crippen LogP contribution in [0.3, 0.4) is 0 Å². The zero-order valence-corrected chi connectivity index (χ0v) is 45.6. The second kappa shape index (κ2) is 16.7. The summed E-state index contributed by atoms with van der Waals surface area (Å²) in [6.45, 7) is 0. The molecule has 13 aromatic rings. The Morgan fingerprint density at radius 3 is 0.905 bits per heavy atom. The van der Waals surface area contributed by atoms with Gasteiger partial charge in [-0.05, 0) is 161 Å². The summed E-state index contributed by atoms with van der Waals surface area (Å²) in [6, 6.07) is 111. The van der Waals surface area contributed by atoms with Gasteiger partial charge < -0.3 is 14.4 Å². The van der Waals surface area contributed by atoms with Crippen LogP contribution in [0.2, 0.25) is 0 Å². The SMILES string of the molecule is c1ccc2c(c1)Oc1ccccc1C21c2ccccc2-c2ccc(N(c3ccc(-c4cccc5c4-c4ccccc4C54c5ccccc5Oc5ccccc54)cc3)c3ccc4c(c3)C3(c5ccccc5-c5ccccc53)c3ccccc3-4)cc21. The van der Waals surface area contributed by atoms with Crippen molar-refractivity contribution in [3.05, 3.63) is 364 Å². The monoisotopic (exact) mass is 1070 g/mol. The molecule has 0 radical (unpaired) electrons. The van der Waals surface area contributed by atoms with Crippen molar-refractivity contribution in [3.63, 3.8) is 0 Å². The second-order valence-electron chi connectivity index (χ2n) is 23.2. The van der Waals surface area contributed by atoms with Gasteiger partial charge in [0.05, 0.1) is 16.2 Å². The summed E-state index contributed by atoms with van der Waals surface area (Å²) in [4.78, 5) is 2.51. The van der Waals surface area contributed by atoms with Crippen LogP contribution in [0.15, 0.2) is 297 Å². The lowest BCUT2D eigenvalue weighted by molar-refractivity contribution is 0.436. The van der Waals surface area contributed by atoms with Crippen LogP contribution in [-0.2, 0) is 16.2 Å². The quantitative estimate of drug-likeness (QED) is 0.175. The maximum absolute atomic E-state index is 6.82. The van der Waals surface area contributed by atoms with E-state index in [0.717, 1.165) is 67.9 Å². The van der Waals surface area contributed by atoms with Crippen LogP contribution in [-0.4, -0.2) is 0 Å². The molecule has 4 aliphatic carbocycles. The largest absolute Gasteiger partial charge is 0.457 e. The van der Waals surface area contributed by atoms with Gasteiger partial charge in [-0.15, -0.1) is 0 Å². The average Bonchev–Trinajstić information content (AvgIpc) is 1.62. The number of benzene rings is 13. The summed E-state index contributed by atoms with van der Waals surface area (Å²) in [5, 5.41) is 0. The molecule has 13 aromatic carbocycles. The normalized spacial score (nSPS) is 14.9. The Hall–Kier alpha value is -10.7. The first-order valence-corrected chi connectivity index (χ1v) is 29.2. The number of ether oxygens (including phenoxy) is 2. The Morgan fingerprint density at radius 1 is 0.202 bits per heavy atom. The number of hydrogen-bond donors (Lipinski definition) is 0. The standard InChI is InChI=1S/C81H49NO2/c1-6-26-62-55(20-1)56-21-2-7-27-63(56)79(62)64-28-8-3-22-57(64)59-46-44-52(48-72(59)79)82(53-45-47-60-58-23-4-9-29-65(58)81(73(60)49-53)69-33-13-17-38-76(69)84-77-39-18-14-34-70(77)81)51-42-40-50(41-43-51)54-25-19-35-71-78(54)61-24-5-10-30-66(61)80(71)67-31-11-15-36-74(67)83-75-37-16-12-32-68(75)80/h1-49H. The van der Waals surface area contributed by atoms with E-state index in [1.165, 1.54) is 94.6 Å². The van der Waals surface area contributed by atoms with Crippen LogP contribution in [0.4, 0.5) is 17.1 Å². The molecule has 2 heterocycles. The van der Waals surface area contributed by atoms with Crippen LogP contribution in [0.5, 0.6) is 23.0 Å². The second-order valence-corrected chi connectivity index (χ2v) is 23.2. The van der Waals surface area contributed by atoms with Gasteiger partial charge in [0.2, 0.25) is 0 Å². The van der Waals surface area contributed by atoms with Gasteiger partial charge in [0, 0.05) is 39.3 Å². The molecule has 6 aliphatic rings. The summed E-state index contributed by atoms with van der Waals surface area (Å²) >= 11 is 0. The minimum atomic E-state index is -0.642. The van der Waals surface area contributed by atoms with Gasteiger partial charge in [-0.3, -0.25) is 0 Å². The number of nitrogens with zero attached hydrogens (tertiary/aromatic N) is 1. The molecule has 0 unspecified atom stereocenters. The molecule has 0 aromatic heterocycles. The van der Waals surface area contributed by atoms with Gasteiger partial charge in [0.1, 0.15) is 23.0 Å². The van der Waals surface area contributed by atoms with Gasteiger partial charge in [-0.2, -0.15) is 0 Å². The third-order valence-electron chi connectivity index (χ3n) is 19.6. The Labute approximate surface area is 487 Å². The number of anilines is 3. The van der Waals surface area contributed by atoms with Gasteiger partial charge >= 0.3 is 0 Å². The first kappa shape index (κ1) is 45.9.